The number of ether oxygens (including phenoxy) is 1. The van der Waals surface area contributed by atoms with E-state index in [1.54, 1.807) is 24.3 Å². The Morgan fingerprint density at radius 1 is 1.00 bits per heavy atom. The van der Waals surface area contributed by atoms with E-state index in [4.69, 9.17) is 16.3 Å². The number of benzene rings is 2. The summed E-state index contributed by atoms with van der Waals surface area (Å²) >= 11 is 6.05. The molecule has 0 unspecified atom stereocenters. The van der Waals surface area contributed by atoms with Crippen molar-refractivity contribution in [1.29, 1.82) is 0 Å². The van der Waals surface area contributed by atoms with Crippen LogP contribution >= 0.6 is 11.6 Å². The van der Waals surface area contributed by atoms with Gasteiger partial charge in [-0.25, -0.2) is 0 Å². The van der Waals surface area contributed by atoms with Crippen molar-refractivity contribution < 1.29 is 14.3 Å². The van der Waals surface area contributed by atoms with Crippen molar-refractivity contribution >= 4 is 29.2 Å². The van der Waals surface area contributed by atoms with Crippen LogP contribution in [0.2, 0.25) is 5.02 Å². The van der Waals surface area contributed by atoms with Crippen molar-refractivity contribution in [2.24, 2.45) is 0 Å². The first-order chi connectivity index (χ1) is 12.0. The average Bonchev–Trinajstić information content (AvgIpc) is 2.61. The van der Waals surface area contributed by atoms with Crippen LogP contribution in [-0.2, 0) is 4.79 Å². The number of halogens is 1. The van der Waals surface area contributed by atoms with E-state index < -0.39 is 5.97 Å². The Labute approximate surface area is 151 Å². The number of hydrogen-bond donors (Lipinski definition) is 0. The minimum absolute atomic E-state index is 0.0558. The summed E-state index contributed by atoms with van der Waals surface area (Å²) in [5.74, 6) is -0.0737. The number of carbonyl (C=O) groups is 2. The molecule has 2 aromatic carbocycles. The monoisotopic (exact) mass is 358 g/mol. The summed E-state index contributed by atoms with van der Waals surface area (Å²) in [7, 11) is 0. The highest BCUT2D eigenvalue weighted by atomic mass is 35.5. The highest BCUT2D eigenvalue weighted by Gasteiger charge is 2.22. The number of amides is 1. The lowest BCUT2D eigenvalue weighted by molar-refractivity contribution is -0.131. The minimum atomic E-state index is -0.403. The van der Waals surface area contributed by atoms with Gasteiger partial charge in [-0.2, -0.15) is 0 Å². The van der Waals surface area contributed by atoms with Crippen LogP contribution < -0.4 is 9.64 Å². The van der Waals surface area contributed by atoms with Crippen LogP contribution in [-0.4, -0.2) is 43.0 Å². The van der Waals surface area contributed by atoms with E-state index in [-0.39, 0.29) is 5.91 Å². The molecule has 1 fully saturated rings. The quantitative estimate of drug-likeness (QED) is 0.624. The second kappa shape index (κ2) is 7.57. The highest BCUT2D eigenvalue weighted by Crippen LogP contribution is 2.22. The summed E-state index contributed by atoms with van der Waals surface area (Å²) in [6, 6.07) is 14.4. The van der Waals surface area contributed by atoms with Crippen molar-refractivity contribution in [3.63, 3.8) is 0 Å². The van der Waals surface area contributed by atoms with E-state index >= 15 is 0 Å². The molecular formula is C19H19ClN2O3. The summed E-state index contributed by atoms with van der Waals surface area (Å²) < 4.78 is 5.05. The Hall–Kier alpha value is -2.53. The molecule has 6 heteroatoms. The van der Waals surface area contributed by atoms with Crippen molar-refractivity contribution in [2.75, 3.05) is 31.1 Å². The van der Waals surface area contributed by atoms with Gasteiger partial charge in [0.25, 0.3) is 5.91 Å². The number of nitrogens with zero attached hydrogens (tertiary/aromatic N) is 2. The second-order valence-electron chi connectivity index (χ2n) is 5.88. The smallest absolute Gasteiger partial charge is 0.308 e. The van der Waals surface area contributed by atoms with Crippen molar-refractivity contribution in [1.82, 2.24) is 4.90 Å². The van der Waals surface area contributed by atoms with Gasteiger partial charge in [0.1, 0.15) is 5.75 Å². The average molecular weight is 359 g/mol. The third-order valence-electron chi connectivity index (χ3n) is 4.08. The van der Waals surface area contributed by atoms with E-state index in [9.17, 15) is 9.59 Å². The van der Waals surface area contributed by atoms with Gasteiger partial charge in [-0.05, 0) is 36.4 Å². The fourth-order valence-electron chi connectivity index (χ4n) is 2.88. The Bertz CT molecular complexity index is 786. The van der Waals surface area contributed by atoms with Crippen LogP contribution in [0, 0.1) is 0 Å². The Morgan fingerprint density at radius 2 is 1.72 bits per heavy atom. The molecule has 0 saturated carbocycles. The standard InChI is InChI=1S/C19H19ClN2O3/c1-14(23)25-18-7-2-4-15(12-18)19(24)22-10-8-21(9-11-22)17-6-3-5-16(20)13-17/h2-7,12-13H,8-11H2,1H3. The van der Waals surface area contributed by atoms with E-state index in [0.717, 1.165) is 18.8 Å². The maximum Gasteiger partial charge on any atom is 0.308 e. The summed E-state index contributed by atoms with van der Waals surface area (Å²) in [5.41, 5.74) is 1.59. The van der Waals surface area contributed by atoms with Crippen molar-refractivity contribution in [3.8, 4) is 5.75 Å². The zero-order valence-electron chi connectivity index (χ0n) is 13.9. The van der Waals surface area contributed by atoms with Gasteiger partial charge in [-0.3, -0.25) is 9.59 Å². The fraction of sp³-hybridized carbons (Fsp3) is 0.263. The lowest BCUT2D eigenvalue weighted by Crippen LogP contribution is -2.48. The molecule has 1 aliphatic rings. The SMILES string of the molecule is CC(=O)Oc1cccc(C(=O)N2CCN(c3cccc(Cl)c3)CC2)c1. The number of esters is 1. The lowest BCUT2D eigenvalue weighted by atomic mass is 10.1. The first-order valence-corrected chi connectivity index (χ1v) is 8.49. The number of anilines is 1. The number of rotatable bonds is 3. The summed E-state index contributed by atoms with van der Waals surface area (Å²) in [6.07, 6.45) is 0. The number of hydrogen-bond acceptors (Lipinski definition) is 4. The summed E-state index contributed by atoms with van der Waals surface area (Å²) in [5, 5.41) is 0.707. The second-order valence-corrected chi connectivity index (χ2v) is 6.32. The van der Waals surface area contributed by atoms with Crippen LogP contribution in [0.5, 0.6) is 5.75 Å². The zero-order chi connectivity index (χ0) is 17.8. The molecule has 0 atom stereocenters. The van der Waals surface area contributed by atoms with Crippen molar-refractivity contribution in [2.45, 2.75) is 6.92 Å². The molecule has 1 saturated heterocycles. The molecular weight excluding hydrogens is 340 g/mol. The maximum atomic E-state index is 12.7. The van der Waals surface area contributed by atoms with Crippen LogP contribution in [0.1, 0.15) is 17.3 Å². The molecule has 0 bridgehead atoms. The maximum absolute atomic E-state index is 12.7. The van der Waals surface area contributed by atoms with Crippen molar-refractivity contribution in [3.05, 3.63) is 59.1 Å². The molecule has 1 aliphatic heterocycles. The molecule has 0 radical (unpaired) electrons. The van der Waals surface area contributed by atoms with Crippen LogP contribution in [0.3, 0.4) is 0 Å². The highest BCUT2D eigenvalue weighted by molar-refractivity contribution is 6.30. The van der Waals surface area contributed by atoms with E-state index in [1.807, 2.05) is 29.2 Å². The Kier molecular flexibility index (Phi) is 5.24. The largest absolute Gasteiger partial charge is 0.427 e. The molecule has 0 aliphatic carbocycles. The van der Waals surface area contributed by atoms with Gasteiger partial charge in [0.15, 0.2) is 0 Å². The predicted molar refractivity (Wildman–Crippen MR) is 97.3 cm³/mol. The summed E-state index contributed by atoms with van der Waals surface area (Å²) in [6.45, 7) is 4.08. The molecule has 3 rings (SSSR count). The molecule has 0 N–H and O–H groups in total. The number of piperazine rings is 1. The van der Waals surface area contributed by atoms with Gasteiger partial charge in [0.05, 0.1) is 0 Å². The molecule has 25 heavy (non-hydrogen) atoms. The van der Waals surface area contributed by atoms with Gasteiger partial charge in [0.2, 0.25) is 0 Å². The van der Waals surface area contributed by atoms with Crippen LogP contribution in [0.15, 0.2) is 48.5 Å². The molecule has 5 nitrogen and oxygen atoms in total. The van der Waals surface area contributed by atoms with E-state index in [2.05, 4.69) is 4.90 Å². The number of carbonyl (C=O) groups excluding carboxylic acids is 2. The van der Waals surface area contributed by atoms with Gasteiger partial charge < -0.3 is 14.5 Å². The normalized spacial score (nSPS) is 14.3. The molecule has 2 aromatic rings. The zero-order valence-corrected chi connectivity index (χ0v) is 14.7. The van der Waals surface area contributed by atoms with Gasteiger partial charge in [-0.1, -0.05) is 23.7 Å². The molecule has 0 aromatic heterocycles. The first-order valence-electron chi connectivity index (χ1n) is 8.11. The third kappa shape index (κ3) is 4.31. The fourth-order valence-corrected chi connectivity index (χ4v) is 3.07. The third-order valence-corrected chi connectivity index (χ3v) is 4.32. The molecule has 130 valence electrons. The minimum Gasteiger partial charge on any atom is -0.427 e. The Balaban J connectivity index is 1.64. The molecule has 1 amide bonds. The van der Waals surface area contributed by atoms with Gasteiger partial charge in [0, 0.05) is 49.4 Å². The van der Waals surface area contributed by atoms with Crippen LogP contribution in [0.4, 0.5) is 5.69 Å². The van der Waals surface area contributed by atoms with Gasteiger partial charge in [-0.15, -0.1) is 0 Å². The van der Waals surface area contributed by atoms with E-state index in [1.165, 1.54) is 6.92 Å². The molecule has 1 heterocycles. The first kappa shape index (κ1) is 17.3. The topological polar surface area (TPSA) is 49.9 Å². The summed E-state index contributed by atoms with van der Waals surface area (Å²) in [4.78, 5) is 27.8. The van der Waals surface area contributed by atoms with E-state index in [0.29, 0.717) is 29.4 Å². The Morgan fingerprint density at radius 3 is 2.40 bits per heavy atom. The van der Waals surface area contributed by atoms with Crippen LogP contribution in [0.25, 0.3) is 0 Å². The predicted octanol–water partition coefficient (Wildman–Crippen LogP) is 3.23. The van der Waals surface area contributed by atoms with Gasteiger partial charge >= 0.3 is 5.97 Å². The lowest BCUT2D eigenvalue weighted by Gasteiger charge is -2.36. The molecule has 0 spiro atoms.